The first-order valence-corrected chi connectivity index (χ1v) is 7.41. The molecule has 0 spiro atoms. The van der Waals surface area contributed by atoms with Gasteiger partial charge in [0, 0.05) is 12.0 Å². The Kier molecular flexibility index (Phi) is 3.52. The van der Waals surface area contributed by atoms with Gasteiger partial charge in [0.1, 0.15) is 12.7 Å². The van der Waals surface area contributed by atoms with Crippen molar-refractivity contribution in [2.75, 3.05) is 0 Å². The highest BCUT2D eigenvalue weighted by Crippen LogP contribution is 2.28. The highest BCUT2D eigenvalue weighted by molar-refractivity contribution is 5.67. The number of para-hydroxylation sites is 1. The SMILES string of the molecule is CCc1nc(-c2ccccc2-n2cncn2)n(C(C)(C)C)n1. The van der Waals surface area contributed by atoms with Crippen LogP contribution in [0.25, 0.3) is 17.1 Å². The van der Waals surface area contributed by atoms with E-state index >= 15 is 0 Å². The molecule has 0 saturated carbocycles. The van der Waals surface area contributed by atoms with E-state index in [1.807, 2.05) is 28.9 Å². The second-order valence-electron chi connectivity index (χ2n) is 6.15. The average Bonchev–Trinajstić information content (AvgIpc) is 3.16. The maximum absolute atomic E-state index is 4.73. The second-order valence-corrected chi connectivity index (χ2v) is 6.15. The van der Waals surface area contributed by atoms with E-state index in [1.165, 1.54) is 6.33 Å². The molecule has 0 unspecified atom stereocenters. The summed E-state index contributed by atoms with van der Waals surface area (Å²) in [6.45, 7) is 8.45. The van der Waals surface area contributed by atoms with Crippen LogP contribution in [0.3, 0.4) is 0 Å². The molecule has 0 saturated heterocycles. The van der Waals surface area contributed by atoms with Gasteiger partial charge in [-0.05, 0) is 32.9 Å². The number of hydrogen-bond donors (Lipinski definition) is 0. The highest BCUT2D eigenvalue weighted by Gasteiger charge is 2.23. The van der Waals surface area contributed by atoms with Crippen LogP contribution in [0.5, 0.6) is 0 Å². The zero-order chi connectivity index (χ0) is 15.7. The van der Waals surface area contributed by atoms with Gasteiger partial charge >= 0.3 is 0 Å². The predicted molar refractivity (Wildman–Crippen MR) is 84.7 cm³/mol. The Bertz CT molecular complexity index is 764. The zero-order valence-electron chi connectivity index (χ0n) is 13.4. The number of hydrogen-bond acceptors (Lipinski definition) is 4. The van der Waals surface area contributed by atoms with Crippen molar-refractivity contribution in [2.24, 2.45) is 0 Å². The Labute approximate surface area is 129 Å². The summed E-state index contributed by atoms with van der Waals surface area (Å²) in [6.07, 6.45) is 4.03. The number of aryl methyl sites for hydroxylation is 1. The smallest absolute Gasteiger partial charge is 0.161 e. The molecule has 3 aromatic rings. The van der Waals surface area contributed by atoms with Gasteiger partial charge in [0.05, 0.1) is 11.2 Å². The van der Waals surface area contributed by atoms with Gasteiger partial charge in [0.2, 0.25) is 0 Å². The standard InChI is InChI=1S/C16H20N6/c1-5-14-19-15(22(20-14)16(2,3)4)12-8-6-7-9-13(12)21-11-17-10-18-21/h6-11H,5H2,1-4H3. The molecular weight excluding hydrogens is 276 g/mol. The van der Waals surface area contributed by atoms with Crippen molar-refractivity contribution in [2.45, 2.75) is 39.7 Å². The number of rotatable bonds is 3. The Morgan fingerprint density at radius 2 is 1.91 bits per heavy atom. The van der Waals surface area contributed by atoms with Crippen molar-refractivity contribution in [1.82, 2.24) is 29.5 Å². The normalized spacial score (nSPS) is 11.8. The van der Waals surface area contributed by atoms with Crippen LogP contribution in [0.2, 0.25) is 0 Å². The molecule has 114 valence electrons. The van der Waals surface area contributed by atoms with E-state index in [-0.39, 0.29) is 5.54 Å². The topological polar surface area (TPSA) is 61.4 Å². The lowest BCUT2D eigenvalue weighted by Crippen LogP contribution is -2.24. The number of nitrogens with zero attached hydrogens (tertiary/aromatic N) is 6. The zero-order valence-corrected chi connectivity index (χ0v) is 13.4. The van der Waals surface area contributed by atoms with Crippen molar-refractivity contribution in [1.29, 1.82) is 0 Å². The van der Waals surface area contributed by atoms with Gasteiger partial charge < -0.3 is 0 Å². The molecule has 0 aliphatic heterocycles. The van der Waals surface area contributed by atoms with Crippen molar-refractivity contribution in [3.8, 4) is 17.1 Å². The fourth-order valence-corrected chi connectivity index (χ4v) is 2.34. The minimum Gasteiger partial charge on any atom is -0.240 e. The van der Waals surface area contributed by atoms with Gasteiger partial charge in [0.25, 0.3) is 0 Å². The summed E-state index contributed by atoms with van der Waals surface area (Å²) < 4.78 is 3.74. The van der Waals surface area contributed by atoms with E-state index in [9.17, 15) is 0 Å². The van der Waals surface area contributed by atoms with Gasteiger partial charge in [-0.2, -0.15) is 10.2 Å². The van der Waals surface area contributed by atoms with Gasteiger partial charge in [-0.3, -0.25) is 0 Å². The lowest BCUT2D eigenvalue weighted by atomic mass is 10.1. The first kappa shape index (κ1) is 14.4. The maximum Gasteiger partial charge on any atom is 0.161 e. The van der Waals surface area contributed by atoms with Crippen LogP contribution < -0.4 is 0 Å². The molecule has 1 aromatic carbocycles. The largest absolute Gasteiger partial charge is 0.240 e. The Morgan fingerprint density at radius 3 is 2.55 bits per heavy atom. The van der Waals surface area contributed by atoms with Crippen LogP contribution in [0.1, 0.15) is 33.5 Å². The number of aromatic nitrogens is 6. The summed E-state index contributed by atoms with van der Waals surface area (Å²) in [6, 6.07) is 8.04. The van der Waals surface area contributed by atoms with Crippen LogP contribution in [0.4, 0.5) is 0 Å². The third kappa shape index (κ3) is 2.52. The summed E-state index contributed by atoms with van der Waals surface area (Å²) in [7, 11) is 0. The molecule has 2 heterocycles. The molecule has 0 amide bonds. The molecule has 22 heavy (non-hydrogen) atoms. The molecule has 0 atom stereocenters. The summed E-state index contributed by atoms with van der Waals surface area (Å²) in [5.41, 5.74) is 1.79. The summed E-state index contributed by atoms with van der Waals surface area (Å²) in [5.74, 6) is 1.70. The predicted octanol–water partition coefficient (Wildman–Crippen LogP) is 2.84. The molecule has 0 fully saturated rings. The summed E-state index contributed by atoms with van der Waals surface area (Å²) in [5, 5.41) is 8.90. The number of benzene rings is 1. The van der Waals surface area contributed by atoms with Crippen molar-refractivity contribution in [3.63, 3.8) is 0 Å². The molecular formula is C16H20N6. The molecule has 3 rings (SSSR count). The summed E-state index contributed by atoms with van der Waals surface area (Å²) >= 11 is 0. The Hall–Kier alpha value is -2.50. The van der Waals surface area contributed by atoms with Crippen LogP contribution in [-0.2, 0) is 12.0 Å². The van der Waals surface area contributed by atoms with Crippen LogP contribution in [-0.4, -0.2) is 29.5 Å². The van der Waals surface area contributed by atoms with Gasteiger partial charge in [0.15, 0.2) is 11.6 Å². The second kappa shape index (κ2) is 5.36. The molecule has 2 aromatic heterocycles. The third-order valence-corrected chi connectivity index (χ3v) is 3.41. The van der Waals surface area contributed by atoms with Crippen molar-refractivity contribution in [3.05, 3.63) is 42.7 Å². The van der Waals surface area contributed by atoms with Gasteiger partial charge in [-0.15, -0.1) is 0 Å². The third-order valence-electron chi connectivity index (χ3n) is 3.41. The molecule has 0 aliphatic rings. The lowest BCUT2D eigenvalue weighted by Gasteiger charge is -2.22. The van der Waals surface area contributed by atoms with E-state index in [0.29, 0.717) is 0 Å². The molecule has 0 bridgehead atoms. The fourth-order valence-electron chi connectivity index (χ4n) is 2.34. The van der Waals surface area contributed by atoms with Gasteiger partial charge in [-0.25, -0.2) is 19.3 Å². The monoisotopic (exact) mass is 296 g/mol. The fraction of sp³-hybridized carbons (Fsp3) is 0.375. The van der Waals surface area contributed by atoms with E-state index < -0.39 is 0 Å². The van der Waals surface area contributed by atoms with E-state index in [2.05, 4.69) is 42.9 Å². The lowest BCUT2D eigenvalue weighted by molar-refractivity contribution is 0.357. The van der Waals surface area contributed by atoms with E-state index in [1.54, 1.807) is 11.0 Å². The minimum atomic E-state index is -0.148. The Balaban J connectivity index is 2.23. The average molecular weight is 296 g/mol. The van der Waals surface area contributed by atoms with Crippen molar-refractivity contribution >= 4 is 0 Å². The summed E-state index contributed by atoms with van der Waals surface area (Å²) in [4.78, 5) is 8.76. The van der Waals surface area contributed by atoms with E-state index in [4.69, 9.17) is 4.98 Å². The minimum absolute atomic E-state index is 0.148. The molecule has 0 N–H and O–H groups in total. The van der Waals surface area contributed by atoms with Crippen molar-refractivity contribution < 1.29 is 0 Å². The highest BCUT2D eigenvalue weighted by atomic mass is 15.4. The maximum atomic E-state index is 4.73. The molecule has 6 nitrogen and oxygen atoms in total. The molecule has 6 heteroatoms. The Morgan fingerprint density at radius 1 is 1.14 bits per heavy atom. The quantitative estimate of drug-likeness (QED) is 0.745. The van der Waals surface area contributed by atoms with Crippen LogP contribution in [0, 0.1) is 0 Å². The van der Waals surface area contributed by atoms with Crippen LogP contribution >= 0.6 is 0 Å². The molecule has 0 radical (unpaired) electrons. The molecule has 0 aliphatic carbocycles. The van der Waals surface area contributed by atoms with E-state index in [0.717, 1.165) is 29.3 Å². The first-order valence-electron chi connectivity index (χ1n) is 7.41. The van der Waals surface area contributed by atoms with Crippen LogP contribution in [0.15, 0.2) is 36.9 Å². The first-order chi connectivity index (χ1) is 10.5. The van der Waals surface area contributed by atoms with Gasteiger partial charge in [-0.1, -0.05) is 19.1 Å².